The molecule has 0 aromatic heterocycles. The number of aliphatic hydroxyl groups is 1. The smallest absolute Gasteiger partial charge is 0.325 e. The first kappa shape index (κ1) is 66.7. The van der Waals surface area contributed by atoms with Gasteiger partial charge in [-0.1, -0.05) is 12.1 Å². The van der Waals surface area contributed by atoms with Crippen LogP contribution in [0.25, 0.3) is 0 Å². The first-order chi connectivity index (χ1) is 35.9. The van der Waals surface area contributed by atoms with Crippen LogP contribution in [-0.2, 0) is 68.7 Å². The number of phenolic OH excluding ortho intramolecular Hbond substituents is 1. The highest BCUT2D eigenvalue weighted by Crippen LogP contribution is 2.12. The number of primary amides is 1. The summed E-state index contributed by atoms with van der Waals surface area (Å²) in [6.45, 7) is 2.10. The number of thiol groups is 1. The van der Waals surface area contributed by atoms with Gasteiger partial charge in [-0.05, 0) is 70.1 Å². The number of aliphatic imine (C=N–C) groups is 1. The van der Waals surface area contributed by atoms with Crippen molar-refractivity contribution in [3.63, 3.8) is 0 Å². The minimum Gasteiger partial charge on any atom is -0.508 e. The van der Waals surface area contributed by atoms with E-state index in [1.807, 2.05) is 0 Å². The average molecular weight is 1110 g/mol. The number of hydrogen-bond donors (Lipinski definition) is 19. The molecule has 0 radical (unpaired) electrons. The van der Waals surface area contributed by atoms with Crippen molar-refractivity contribution in [2.45, 2.75) is 139 Å². The summed E-state index contributed by atoms with van der Waals surface area (Å²) >= 11 is 4.06. The summed E-state index contributed by atoms with van der Waals surface area (Å²) in [5, 5.41) is 75.3. The van der Waals surface area contributed by atoms with Gasteiger partial charge in [-0.25, -0.2) is 0 Å². The van der Waals surface area contributed by atoms with Crippen LogP contribution in [0.3, 0.4) is 0 Å². The summed E-state index contributed by atoms with van der Waals surface area (Å²) in [6, 6.07) is -9.89. The summed E-state index contributed by atoms with van der Waals surface area (Å²) < 4.78 is 0. The Hall–Kier alpha value is -8.33. The van der Waals surface area contributed by atoms with E-state index in [4.69, 9.17) is 22.9 Å². The fourth-order valence-electron chi connectivity index (χ4n) is 6.62. The second-order valence-corrected chi connectivity index (χ2v) is 17.6. The molecule has 428 valence electrons. The molecule has 0 saturated carbocycles. The van der Waals surface area contributed by atoms with Crippen molar-refractivity contribution in [3.05, 3.63) is 29.8 Å². The Bertz CT molecular complexity index is 2320. The first-order valence-electron chi connectivity index (χ1n) is 23.4. The lowest BCUT2D eigenvalue weighted by Gasteiger charge is -2.28. The summed E-state index contributed by atoms with van der Waals surface area (Å²) in [5.41, 5.74) is 22.4. The molecule has 1 aromatic carbocycles. The second kappa shape index (κ2) is 33.6. The molecule has 0 aliphatic carbocycles. The summed E-state index contributed by atoms with van der Waals surface area (Å²) in [4.78, 5) is 170. The van der Waals surface area contributed by atoms with Gasteiger partial charge < -0.3 is 96.1 Å². The van der Waals surface area contributed by atoms with Gasteiger partial charge in [0.2, 0.25) is 53.2 Å². The number of rotatable bonds is 36. The number of amides is 9. The van der Waals surface area contributed by atoms with Gasteiger partial charge >= 0.3 is 23.9 Å². The van der Waals surface area contributed by atoms with Crippen molar-refractivity contribution in [3.8, 4) is 5.75 Å². The van der Waals surface area contributed by atoms with E-state index in [0.29, 0.717) is 5.56 Å². The van der Waals surface area contributed by atoms with Crippen LogP contribution in [0.4, 0.5) is 0 Å². The van der Waals surface area contributed by atoms with Crippen LogP contribution in [0.15, 0.2) is 29.3 Å². The number of aliphatic hydroxyl groups excluding tert-OH is 1. The Morgan fingerprint density at radius 1 is 0.545 bits per heavy atom. The van der Waals surface area contributed by atoms with Crippen molar-refractivity contribution < 1.29 is 93.0 Å². The summed E-state index contributed by atoms with van der Waals surface area (Å²) in [6.07, 6.45) is -7.21. The van der Waals surface area contributed by atoms with E-state index in [1.54, 1.807) is 0 Å². The predicted octanol–water partition coefficient (Wildman–Crippen LogP) is -6.92. The highest BCUT2D eigenvalue weighted by atomic mass is 32.1. The van der Waals surface area contributed by atoms with Crippen molar-refractivity contribution in [2.75, 3.05) is 12.3 Å². The number of aromatic hydroxyl groups is 1. The minimum absolute atomic E-state index is 0.0379. The minimum atomic E-state index is -2.02. The Morgan fingerprint density at radius 2 is 0.961 bits per heavy atom. The lowest BCUT2D eigenvalue weighted by atomic mass is 10.0. The molecule has 0 spiro atoms. The van der Waals surface area contributed by atoms with Crippen LogP contribution >= 0.6 is 12.6 Å². The molecule has 0 aliphatic heterocycles. The van der Waals surface area contributed by atoms with Crippen LogP contribution in [0.5, 0.6) is 5.75 Å². The predicted molar refractivity (Wildman–Crippen MR) is 268 cm³/mol. The SMILES string of the molecule is C[C@H](NC(=O)[C@H](CCCN=C(N)N)NC(=O)[C@H](CCC(N)=O)NC(=O)[C@H](CCC(=O)O)NC(=O)[C@H](CS)NC(=O)[C@@H](NC(=O)[C@H](CCC(=O)O)NC(=O)[C@H](CC(=O)O)NC(=O)[C@@H](N)Cc1ccc(O)cc1)[C@@H](C)O)C(=O)O. The number of guanidine groups is 1. The Morgan fingerprint density at radius 3 is 1.39 bits per heavy atom. The number of nitrogens with one attached hydrogen (secondary N) is 8. The van der Waals surface area contributed by atoms with E-state index in [1.165, 1.54) is 24.3 Å². The van der Waals surface area contributed by atoms with Crippen LogP contribution in [-0.4, -0.2) is 186 Å². The molecular formula is C44H67N13O19S. The number of phenols is 1. The molecule has 9 amide bonds. The number of carboxylic acid groups (broad SMARTS) is 4. The van der Waals surface area contributed by atoms with Gasteiger partial charge in [0.05, 0.1) is 18.6 Å². The highest BCUT2D eigenvalue weighted by Gasteiger charge is 2.36. The zero-order valence-corrected chi connectivity index (χ0v) is 42.7. The van der Waals surface area contributed by atoms with Crippen molar-refractivity contribution >= 4 is 95.6 Å². The first-order valence-corrected chi connectivity index (χ1v) is 24.1. The topological polar surface area (TPSA) is 556 Å². The van der Waals surface area contributed by atoms with Crippen LogP contribution in [0, 0.1) is 0 Å². The number of carboxylic acids is 4. The number of hydrogen-bond acceptors (Lipinski definition) is 18. The number of aliphatic carboxylic acids is 4. The number of nitrogens with zero attached hydrogens (tertiary/aromatic N) is 1. The molecule has 0 unspecified atom stereocenters. The average Bonchev–Trinajstić information content (AvgIpc) is 3.33. The molecular weight excluding hydrogens is 1050 g/mol. The molecule has 1 rings (SSSR count). The molecule has 0 fully saturated rings. The van der Waals surface area contributed by atoms with E-state index in [-0.39, 0.29) is 37.5 Å². The zero-order valence-electron chi connectivity index (χ0n) is 41.8. The molecule has 1 aromatic rings. The Kier molecular flexibility index (Phi) is 29.1. The van der Waals surface area contributed by atoms with E-state index in [9.17, 15) is 93.0 Å². The molecule has 32 nitrogen and oxygen atoms in total. The molecule has 22 N–H and O–H groups in total. The third kappa shape index (κ3) is 26.1. The molecule has 0 heterocycles. The van der Waals surface area contributed by atoms with Crippen molar-refractivity contribution in [1.82, 2.24) is 42.5 Å². The monoisotopic (exact) mass is 1110 g/mol. The van der Waals surface area contributed by atoms with Crippen molar-refractivity contribution in [2.24, 2.45) is 27.9 Å². The van der Waals surface area contributed by atoms with E-state index >= 15 is 0 Å². The van der Waals surface area contributed by atoms with Crippen molar-refractivity contribution in [1.29, 1.82) is 0 Å². The Balaban J connectivity index is 3.40. The molecule has 0 aliphatic rings. The normalized spacial score (nSPS) is 14.7. The summed E-state index contributed by atoms with van der Waals surface area (Å²) in [5.74, 6) is -17.5. The van der Waals surface area contributed by atoms with Gasteiger partial charge in [0.15, 0.2) is 5.96 Å². The third-order valence-corrected chi connectivity index (χ3v) is 11.2. The van der Waals surface area contributed by atoms with Gasteiger partial charge in [-0.2, -0.15) is 12.6 Å². The van der Waals surface area contributed by atoms with Crippen LogP contribution < -0.4 is 65.5 Å². The van der Waals surface area contributed by atoms with Gasteiger partial charge in [-0.3, -0.25) is 67.3 Å². The molecule has 33 heteroatoms. The lowest BCUT2D eigenvalue weighted by molar-refractivity contribution is -0.142. The van der Waals surface area contributed by atoms with Gasteiger partial charge in [0, 0.05) is 31.6 Å². The van der Waals surface area contributed by atoms with E-state index in [0.717, 1.165) is 13.8 Å². The molecule has 0 bridgehead atoms. The largest absolute Gasteiger partial charge is 0.508 e. The lowest BCUT2D eigenvalue weighted by Crippen LogP contribution is -2.62. The van der Waals surface area contributed by atoms with Gasteiger partial charge in [0.1, 0.15) is 54.1 Å². The van der Waals surface area contributed by atoms with Gasteiger partial charge in [-0.15, -0.1) is 0 Å². The molecule has 10 atom stereocenters. The number of carbonyl (C=O) groups excluding carboxylic acids is 9. The quantitative estimate of drug-likeness (QED) is 0.0128. The number of nitrogens with two attached hydrogens (primary N) is 4. The number of benzene rings is 1. The fourth-order valence-corrected chi connectivity index (χ4v) is 6.88. The number of carbonyl (C=O) groups is 13. The molecule has 77 heavy (non-hydrogen) atoms. The standard InChI is InChI=1S/C44H67N13O19S/c1-19(43(75)76)50-36(68)24(4-3-15-49-44(47)48)51-37(69)25(9-12-30(46)60)52-38(70)26(10-13-31(61)62)54-41(73)29(18-77)56-42(74)34(20(2)58)57-39(71)27(11-14-32(63)64)53-40(72)28(17-33(65)66)55-35(67)23(45)16-21-5-7-22(59)8-6-21/h5-8,19-20,23-29,34,58-59,77H,3-4,9-18,45H2,1-2H3,(H2,46,60)(H,50,68)(H,51,69)(H,52,70)(H,53,72)(H,54,73)(H,55,67)(H,56,74)(H,57,71)(H,61,62)(H,63,64)(H,65,66)(H,75,76)(H4,47,48,49)/t19-,20+,23-,24-,25-,26-,27-,28-,29-,34-/m0/s1. The van der Waals surface area contributed by atoms with E-state index < -0.39 is 188 Å². The highest BCUT2D eigenvalue weighted by molar-refractivity contribution is 7.80. The zero-order chi connectivity index (χ0) is 58.7. The molecule has 0 saturated heterocycles. The maximum absolute atomic E-state index is 13.8. The van der Waals surface area contributed by atoms with E-state index in [2.05, 4.69) is 60.2 Å². The summed E-state index contributed by atoms with van der Waals surface area (Å²) in [7, 11) is 0. The maximum Gasteiger partial charge on any atom is 0.325 e. The van der Waals surface area contributed by atoms with Crippen LogP contribution in [0.1, 0.15) is 77.2 Å². The third-order valence-electron chi connectivity index (χ3n) is 10.8. The van der Waals surface area contributed by atoms with Gasteiger partial charge in [0.25, 0.3) is 0 Å². The maximum atomic E-state index is 13.8. The Labute approximate surface area is 444 Å². The second-order valence-electron chi connectivity index (χ2n) is 17.2. The van der Waals surface area contributed by atoms with Crippen LogP contribution in [0.2, 0.25) is 0 Å². The fraction of sp³-hybridized carbons (Fsp3) is 0.545.